The van der Waals surface area contributed by atoms with E-state index in [1.165, 1.54) is 64.3 Å². The van der Waals surface area contributed by atoms with Gasteiger partial charge in [-0.2, -0.15) is 18.4 Å². The number of carbonyl (C=O) groups excluding carboxylic acids is 1. The smallest absolute Gasteiger partial charge is 0.422 e. The first-order chi connectivity index (χ1) is 17.2. The van der Waals surface area contributed by atoms with E-state index in [0.717, 1.165) is 12.1 Å². The maximum absolute atomic E-state index is 14.4. The van der Waals surface area contributed by atoms with Crippen LogP contribution in [0.5, 0.6) is 5.75 Å². The van der Waals surface area contributed by atoms with Gasteiger partial charge in [-0.25, -0.2) is 4.79 Å². The quantitative estimate of drug-likeness (QED) is 0.190. The number of rotatable bonds is 8. The molecule has 6 nitrogen and oxygen atoms in total. The lowest BCUT2D eigenvalue weighted by Crippen LogP contribution is -2.46. The zero-order valence-corrected chi connectivity index (χ0v) is 21.4. The second-order valence-corrected chi connectivity index (χ2v) is 8.66. The highest BCUT2D eigenvalue weighted by atomic mass is 35.5. The summed E-state index contributed by atoms with van der Waals surface area (Å²) in [6.45, 7) is 7.72. The van der Waals surface area contributed by atoms with Crippen LogP contribution in [0.1, 0.15) is 40.7 Å². The summed E-state index contributed by atoms with van der Waals surface area (Å²) >= 11 is 6.32. The number of aryl methyl sites for hydroxylation is 2. The van der Waals surface area contributed by atoms with Gasteiger partial charge < -0.3 is 20.3 Å². The Bertz CT molecular complexity index is 1290. The molecule has 2 aromatic rings. The fraction of sp³-hybridized carbons (Fsp3) is 0.259. The number of ether oxygens (including phenoxy) is 2. The zero-order valence-electron chi connectivity index (χ0n) is 20.6. The first-order valence-electron chi connectivity index (χ1n) is 10.9. The molecular formula is C27H26ClF3N2O4. The van der Waals surface area contributed by atoms with Gasteiger partial charge in [0.05, 0.1) is 24.3 Å². The Labute approximate surface area is 218 Å². The molecule has 0 heterocycles. The highest BCUT2D eigenvalue weighted by Gasteiger charge is 2.59. The molecule has 0 bridgehead atoms. The van der Waals surface area contributed by atoms with Crippen LogP contribution in [-0.2, 0) is 15.1 Å². The van der Waals surface area contributed by atoms with Gasteiger partial charge in [0.15, 0.2) is 11.5 Å². The number of nitrogens with zero attached hydrogens (tertiary/aromatic N) is 1. The number of esters is 1. The van der Waals surface area contributed by atoms with Crippen LogP contribution in [-0.4, -0.2) is 24.4 Å². The minimum Gasteiger partial charge on any atom is -0.465 e. The van der Waals surface area contributed by atoms with Crippen LogP contribution in [0.4, 0.5) is 13.2 Å². The largest absolute Gasteiger partial charge is 0.465 e. The molecule has 2 atom stereocenters. The van der Waals surface area contributed by atoms with Crippen molar-refractivity contribution < 1.29 is 32.5 Å². The van der Waals surface area contributed by atoms with Crippen LogP contribution < -0.4 is 10.5 Å². The Morgan fingerprint density at radius 1 is 1.22 bits per heavy atom. The topological polar surface area (TPSA) is 106 Å². The number of benzene rings is 2. The lowest BCUT2D eigenvalue weighted by Gasteiger charge is -2.37. The van der Waals surface area contributed by atoms with Crippen LogP contribution in [0.15, 0.2) is 66.6 Å². The summed E-state index contributed by atoms with van der Waals surface area (Å²) in [5.74, 6) is -2.20. The van der Waals surface area contributed by atoms with Crippen LogP contribution in [0.25, 0.3) is 0 Å². The van der Waals surface area contributed by atoms with Crippen LogP contribution in [0.3, 0.4) is 0 Å². The number of carbonyl (C=O) groups is 1. The fourth-order valence-electron chi connectivity index (χ4n) is 3.85. The van der Waals surface area contributed by atoms with Crippen molar-refractivity contribution in [1.82, 2.24) is 0 Å². The maximum Gasteiger partial charge on any atom is 0.422 e. The summed E-state index contributed by atoms with van der Waals surface area (Å²) < 4.78 is 53.1. The molecule has 2 aromatic carbocycles. The molecule has 196 valence electrons. The molecule has 0 amide bonds. The third-order valence-corrected chi connectivity index (χ3v) is 6.21. The van der Waals surface area contributed by atoms with Gasteiger partial charge in [-0.1, -0.05) is 49.4 Å². The van der Waals surface area contributed by atoms with E-state index in [1.807, 2.05) is 6.07 Å². The van der Waals surface area contributed by atoms with Crippen LogP contribution in [0, 0.1) is 25.2 Å². The molecule has 0 saturated heterocycles. The van der Waals surface area contributed by atoms with Gasteiger partial charge in [0.2, 0.25) is 0 Å². The lowest BCUT2D eigenvalue weighted by atomic mass is 9.76. The number of hydrogen-bond acceptors (Lipinski definition) is 6. The Morgan fingerprint density at radius 2 is 1.81 bits per heavy atom. The molecule has 0 aliphatic heterocycles. The summed E-state index contributed by atoms with van der Waals surface area (Å²) in [5, 5.41) is 20.3. The average Bonchev–Trinajstić information content (AvgIpc) is 2.82. The Kier molecular flexibility index (Phi) is 9.20. The maximum atomic E-state index is 14.4. The van der Waals surface area contributed by atoms with Gasteiger partial charge in [-0.15, -0.1) is 0 Å². The van der Waals surface area contributed by atoms with Gasteiger partial charge in [0.25, 0.3) is 0 Å². The number of halogens is 4. The van der Waals surface area contributed by atoms with Crippen molar-refractivity contribution in [1.29, 1.82) is 5.26 Å². The summed E-state index contributed by atoms with van der Waals surface area (Å²) in [6, 6.07) is 8.19. The number of methoxy groups -OCH3 is 1. The van der Waals surface area contributed by atoms with Gasteiger partial charge in [0.1, 0.15) is 5.75 Å². The summed E-state index contributed by atoms with van der Waals surface area (Å²) in [6.07, 6.45) is -1.21. The molecule has 0 aliphatic carbocycles. The molecule has 3 N–H and O–H groups in total. The molecule has 0 saturated carbocycles. The second-order valence-electron chi connectivity index (χ2n) is 8.25. The minimum atomic E-state index is -5.07. The van der Waals surface area contributed by atoms with E-state index >= 15 is 0 Å². The molecule has 0 aromatic heterocycles. The molecule has 37 heavy (non-hydrogen) atoms. The first kappa shape index (κ1) is 29.5. The van der Waals surface area contributed by atoms with E-state index in [4.69, 9.17) is 22.1 Å². The number of aliphatic hydroxyl groups is 1. The SMILES string of the molecule is C=C/C(=C\C=C(/N)Oc1ccc([C@H](C)[C@](O)(c2cc(C)c(C#N)c(C)c2)C(F)(F)F)c(Cl)c1)C(=O)OC. The normalized spacial score (nSPS) is 14.8. The molecule has 0 spiro atoms. The highest BCUT2D eigenvalue weighted by molar-refractivity contribution is 6.31. The lowest BCUT2D eigenvalue weighted by molar-refractivity contribution is -0.274. The van der Waals surface area contributed by atoms with Gasteiger partial charge in [-0.3, -0.25) is 0 Å². The number of allylic oxidation sites excluding steroid dienone is 2. The predicted molar refractivity (Wildman–Crippen MR) is 134 cm³/mol. The standard InChI is InChI=1S/C27H26ClF3N2O4/c1-6-18(25(34)36-5)7-10-24(33)37-20-8-9-21(23(28)13-20)17(4)26(35,27(29,30)31)19-11-15(2)22(14-32)16(3)12-19/h6-13,17,35H,1,33H2,2-5H3/b18-7+,24-10+/t17-,26-/m0/s1. The first-order valence-corrected chi connectivity index (χ1v) is 11.2. The second kappa shape index (κ2) is 11.5. The third kappa shape index (κ3) is 6.16. The minimum absolute atomic E-state index is 0.00980. The number of nitriles is 1. The van der Waals surface area contributed by atoms with Gasteiger partial charge >= 0.3 is 12.1 Å². The third-order valence-electron chi connectivity index (χ3n) is 5.89. The Hall–Kier alpha value is -3.74. The molecule has 2 rings (SSSR count). The highest BCUT2D eigenvalue weighted by Crippen LogP contribution is 2.50. The Balaban J connectivity index is 2.47. The molecule has 0 fully saturated rings. The van der Waals surface area contributed by atoms with E-state index in [-0.39, 0.29) is 33.4 Å². The van der Waals surface area contributed by atoms with Gasteiger partial charge in [0, 0.05) is 10.9 Å². The van der Waals surface area contributed by atoms with Gasteiger partial charge in [-0.05, 0) is 60.4 Å². The molecule has 10 heteroatoms. The van der Waals surface area contributed by atoms with Crippen molar-refractivity contribution >= 4 is 17.6 Å². The summed E-state index contributed by atoms with van der Waals surface area (Å²) in [4.78, 5) is 11.6. The number of hydrogen-bond donors (Lipinski definition) is 2. The van der Waals surface area contributed by atoms with E-state index in [0.29, 0.717) is 11.1 Å². The molecule has 0 aliphatic rings. The van der Waals surface area contributed by atoms with Crippen molar-refractivity contribution in [2.24, 2.45) is 5.73 Å². The summed E-state index contributed by atoms with van der Waals surface area (Å²) in [7, 11) is 1.21. The van der Waals surface area contributed by atoms with Crippen LogP contribution >= 0.6 is 11.6 Å². The predicted octanol–water partition coefficient (Wildman–Crippen LogP) is 5.85. The Morgan fingerprint density at radius 3 is 2.27 bits per heavy atom. The van der Waals surface area contributed by atoms with Crippen molar-refractivity contribution in [3.05, 3.63) is 99.4 Å². The number of alkyl halides is 3. The van der Waals surface area contributed by atoms with Crippen LogP contribution in [0.2, 0.25) is 5.02 Å². The van der Waals surface area contributed by atoms with E-state index in [2.05, 4.69) is 11.3 Å². The molecular weight excluding hydrogens is 509 g/mol. The van der Waals surface area contributed by atoms with E-state index in [9.17, 15) is 28.3 Å². The van der Waals surface area contributed by atoms with Crippen molar-refractivity contribution in [3.8, 4) is 11.8 Å². The molecule has 0 radical (unpaired) electrons. The van der Waals surface area contributed by atoms with Crippen molar-refractivity contribution in [2.45, 2.75) is 38.5 Å². The average molecular weight is 535 g/mol. The van der Waals surface area contributed by atoms with Crippen molar-refractivity contribution in [2.75, 3.05) is 7.11 Å². The van der Waals surface area contributed by atoms with E-state index < -0.39 is 29.2 Å². The number of nitrogens with two attached hydrogens (primary N) is 1. The summed E-state index contributed by atoms with van der Waals surface area (Å²) in [5.41, 5.74) is 3.09. The van der Waals surface area contributed by atoms with E-state index in [1.54, 1.807) is 0 Å². The molecule has 0 unspecified atom stereocenters. The zero-order chi connectivity index (χ0) is 28.1. The fourth-order valence-corrected chi connectivity index (χ4v) is 4.18. The monoisotopic (exact) mass is 534 g/mol. The van der Waals surface area contributed by atoms with Crippen molar-refractivity contribution in [3.63, 3.8) is 0 Å².